The zero-order chi connectivity index (χ0) is 24.4. The van der Waals surface area contributed by atoms with Crippen molar-refractivity contribution in [3.63, 3.8) is 0 Å². The molecule has 1 aliphatic heterocycles. The van der Waals surface area contributed by atoms with Gasteiger partial charge in [-0.1, -0.05) is 23.2 Å². The summed E-state index contributed by atoms with van der Waals surface area (Å²) in [5.74, 6) is 0.211. The van der Waals surface area contributed by atoms with Gasteiger partial charge < -0.3 is 19.9 Å². The van der Waals surface area contributed by atoms with Crippen LogP contribution in [-0.4, -0.2) is 29.7 Å². The number of halogens is 2. The van der Waals surface area contributed by atoms with Gasteiger partial charge in [0.15, 0.2) is 0 Å². The molecule has 0 aromatic heterocycles. The number of hydrogen-bond acceptors (Lipinski definition) is 4. The average molecular weight is 500 g/mol. The fourth-order valence-corrected chi connectivity index (χ4v) is 4.40. The fraction of sp³-hybridized carbons (Fsp3) is 0.231. The summed E-state index contributed by atoms with van der Waals surface area (Å²) in [6, 6.07) is 13.9. The van der Waals surface area contributed by atoms with Crippen LogP contribution in [0.5, 0.6) is 11.5 Å². The summed E-state index contributed by atoms with van der Waals surface area (Å²) in [6.45, 7) is 4.08. The zero-order valence-corrected chi connectivity index (χ0v) is 20.2. The van der Waals surface area contributed by atoms with E-state index in [2.05, 4.69) is 5.32 Å². The topological polar surface area (TPSA) is 84.9 Å². The van der Waals surface area contributed by atoms with Crippen molar-refractivity contribution in [2.24, 2.45) is 0 Å². The van der Waals surface area contributed by atoms with Gasteiger partial charge in [0.05, 0.1) is 6.42 Å². The molecule has 176 valence electrons. The van der Waals surface area contributed by atoms with Crippen LogP contribution in [0.3, 0.4) is 0 Å². The SMILES string of the molecule is Cc1cc(C(=O)Nc2cc(Cl)cc(CC(=O)O)c2)c(C)cc1OC[C@@H]1Cc2cc(Cl)ccc2O1. The number of fused-ring (bicyclic) bond motifs is 1. The number of ether oxygens (including phenoxy) is 2. The van der Waals surface area contributed by atoms with E-state index in [-0.39, 0.29) is 18.4 Å². The number of benzene rings is 3. The van der Waals surface area contributed by atoms with Gasteiger partial charge in [-0.3, -0.25) is 9.59 Å². The monoisotopic (exact) mass is 499 g/mol. The number of aliphatic carboxylic acids is 1. The predicted molar refractivity (Wildman–Crippen MR) is 132 cm³/mol. The van der Waals surface area contributed by atoms with Crippen LogP contribution < -0.4 is 14.8 Å². The first-order valence-corrected chi connectivity index (χ1v) is 11.5. The lowest BCUT2D eigenvalue weighted by Crippen LogP contribution is -2.22. The third-order valence-corrected chi connectivity index (χ3v) is 5.98. The molecule has 6 nitrogen and oxygen atoms in total. The summed E-state index contributed by atoms with van der Waals surface area (Å²) in [6.07, 6.45) is 0.424. The Morgan fingerprint density at radius 1 is 1.06 bits per heavy atom. The number of nitrogens with one attached hydrogen (secondary N) is 1. The number of anilines is 1. The molecule has 4 rings (SSSR count). The Labute approximate surface area is 207 Å². The largest absolute Gasteiger partial charge is 0.489 e. The molecule has 34 heavy (non-hydrogen) atoms. The van der Waals surface area contributed by atoms with Gasteiger partial charge >= 0.3 is 5.97 Å². The molecule has 1 atom stereocenters. The van der Waals surface area contributed by atoms with Crippen molar-refractivity contribution in [3.8, 4) is 11.5 Å². The first-order valence-electron chi connectivity index (χ1n) is 10.7. The molecule has 2 N–H and O–H groups in total. The molecule has 1 heterocycles. The number of rotatable bonds is 7. The molecule has 8 heteroatoms. The lowest BCUT2D eigenvalue weighted by Gasteiger charge is -2.16. The number of carbonyl (C=O) groups excluding carboxylic acids is 1. The summed E-state index contributed by atoms with van der Waals surface area (Å²) in [5, 5.41) is 12.9. The number of amides is 1. The van der Waals surface area contributed by atoms with Crippen LogP contribution in [0.15, 0.2) is 48.5 Å². The second kappa shape index (κ2) is 9.95. The van der Waals surface area contributed by atoms with Crippen LogP contribution in [0.1, 0.15) is 32.6 Å². The molecule has 0 aliphatic carbocycles. The lowest BCUT2D eigenvalue weighted by atomic mass is 10.0. The van der Waals surface area contributed by atoms with Crippen LogP contribution in [0, 0.1) is 13.8 Å². The molecule has 1 amide bonds. The second-order valence-corrected chi connectivity index (χ2v) is 9.19. The highest BCUT2D eigenvalue weighted by molar-refractivity contribution is 6.31. The van der Waals surface area contributed by atoms with Crippen molar-refractivity contribution in [2.45, 2.75) is 32.8 Å². The molecule has 0 spiro atoms. The molecule has 0 saturated carbocycles. The Kier molecular flexibility index (Phi) is 7.00. The van der Waals surface area contributed by atoms with Gasteiger partial charge in [0.1, 0.15) is 24.2 Å². The van der Waals surface area contributed by atoms with Gasteiger partial charge in [0.25, 0.3) is 5.91 Å². The summed E-state index contributed by atoms with van der Waals surface area (Å²) < 4.78 is 12.0. The van der Waals surface area contributed by atoms with Gasteiger partial charge in [-0.25, -0.2) is 0 Å². The van der Waals surface area contributed by atoms with Gasteiger partial charge in [0, 0.05) is 27.7 Å². The molecule has 3 aromatic rings. The zero-order valence-electron chi connectivity index (χ0n) is 18.7. The van der Waals surface area contributed by atoms with Crippen molar-refractivity contribution in [3.05, 3.63) is 86.4 Å². The van der Waals surface area contributed by atoms with E-state index in [1.807, 2.05) is 32.0 Å². The molecule has 0 saturated heterocycles. The van der Waals surface area contributed by atoms with Crippen molar-refractivity contribution in [1.29, 1.82) is 0 Å². The summed E-state index contributed by atoms with van der Waals surface area (Å²) >= 11 is 12.1. The Hall–Kier alpha value is -3.22. The molecular weight excluding hydrogens is 477 g/mol. The molecule has 1 aliphatic rings. The molecule has 0 bridgehead atoms. The number of hydrogen-bond donors (Lipinski definition) is 2. The van der Waals surface area contributed by atoms with Crippen molar-refractivity contribution in [2.75, 3.05) is 11.9 Å². The van der Waals surface area contributed by atoms with Crippen LogP contribution in [0.4, 0.5) is 5.69 Å². The highest BCUT2D eigenvalue weighted by Gasteiger charge is 2.24. The van der Waals surface area contributed by atoms with Crippen LogP contribution >= 0.6 is 23.2 Å². The fourth-order valence-electron chi connectivity index (χ4n) is 3.95. The van der Waals surface area contributed by atoms with E-state index in [1.165, 1.54) is 0 Å². The van der Waals surface area contributed by atoms with E-state index in [9.17, 15) is 9.59 Å². The van der Waals surface area contributed by atoms with Gasteiger partial charge in [0.2, 0.25) is 0 Å². The van der Waals surface area contributed by atoms with E-state index in [0.29, 0.717) is 39.2 Å². The van der Waals surface area contributed by atoms with E-state index in [0.717, 1.165) is 28.9 Å². The minimum Gasteiger partial charge on any atom is -0.489 e. The molecule has 3 aromatic carbocycles. The maximum Gasteiger partial charge on any atom is 0.307 e. The first-order chi connectivity index (χ1) is 16.2. The molecule has 0 unspecified atom stereocenters. The van der Waals surface area contributed by atoms with Gasteiger partial charge in [-0.15, -0.1) is 0 Å². The molecule has 0 fully saturated rings. The maximum atomic E-state index is 12.9. The van der Waals surface area contributed by atoms with Crippen LogP contribution in [0.25, 0.3) is 0 Å². The normalized spacial score (nSPS) is 14.3. The van der Waals surface area contributed by atoms with Gasteiger partial charge in [-0.2, -0.15) is 0 Å². The Morgan fingerprint density at radius 3 is 2.62 bits per heavy atom. The molecule has 0 radical (unpaired) electrons. The highest BCUT2D eigenvalue weighted by atomic mass is 35.5. The van der Waals surface area contributed by atoms with E-state index in [1.54, 1.807) is 30.3 Å². The number of carbonyl (C=O) groups is 2. The van der Waals surface area contributed by atoms with E-state index < -0.39 is 5.97 Å². The predicted octanol–water partition coefficient (Wildman–Crippen LogP) is 5.87. The standard InChI is InChI=1S/C26H23Cl2NO5/c1-14-6-24(33-13-21-11-17-10-18(27)3-4-23(17)34-21)15(2)5-22(14)26(32)29-20-8-16(9-25(30)31)7-19(28)12-20/h3-8,10,12,21H,9,11,13H2,1-2H3,(H,29,32)(H,30,31)/t21-/m0/s1. The number of carboxylic acid groups (broad SMARTS) is 1. The summed E-state index contributed by atoms with van der Waals surface area (Å²) in [4.78, 5) is 23.9. The van der Waals surface area contributed by atoms with E-state index in [4.69, 9.17) is 37.8 Å². The number of aryl methyl sites for hydroxylation is 2. The number of carboxylic acids is 1. The highest BCUT2D eigenvalue weighted by Crippen LogP contribution is 2.32. The van der Waals surface area contributed by atoms with E-state index >= 15 is 0 Å². The lowest BCUT2D eigenvalue weighted by molar-refractivity contribution is -0.136. The maximum absolute atomic E-state index is 12.9. The minimum atomic E-state index is -0.975. The van der Waals surface area contributed by atoms with Crippen LogP contribution in [0.2, 0.25) is 10.0 Å². The Balaban J connectivity index is 1.43. The smallest absolute Gasteiger partial charge is 0.307 e. The average Bonchev–Trinajstić information content (AvgIpc) is 3.15. The third kappa shape index (κ3) is 5.64. The molecular formula is C26H23Cl2NO5. The second-order valence-electron chi connectivity index (χ2n) is 8.31. The Morgan fingerprint density at radius 2 is 1.85 bits per heavy atom. The Bertz CT molecular complexity index is 1270. The first kappa shape index (κ1) is 23.9. The quantitative estimate of drug-likeness (QED) is 0.424. The summed E-state index contributed by atoms with van der Waals surface area (Å²) in [5.41, 5.74) is 4.05. The van der Waals surface area contributed by atoms with Crippen molar-refractivity contribution in [1.82, 2.24) is 0 Å². The van der Waals surface area contributed by atoms with Crippen molar-refractivity contribution >= 4 is 40.8 Å². The minimum absolute atomic E-state index is 0.112. The summed E-state index contributed by atoms with van der Waals surface area (Å²) in [7, 11) is 0. The van der Waals surface area contributed by atoms with Crippen LogP contribution in [-0.2, 0) is 17.6 Å². The van der Waals surface area contributed by atoms with Crippen molar-refractivity contribution < 1.29 is 24.2 Å². The third-order valence-electron chi connectivity index (χ3n) is 5.53. The van der Waals surface area contributed by atoms with Gasteiger partial charge in [-0.05, 0) is 84.6 Å².